The van der Waals surface area contributed by atoms with E-state index < -0.39 is 15.0 Å². The maximum atomic E-state index is 12.1. The SMILES string of the molecule is CC(C)c1[nH]nc(C(=O)NCC2CCOC2)c1S(=O)(=O)Cl. The Balaban J connectivity index is 2.20. The zero-order chi connectivity index (χ0) is 15.6. The third-order valence-corrected chi connectivity index (χ3v) is 4.72. The monoisotopic (exact) mass is 335 g/mol. The van der Waals surface area contributed by atoms with Gasteiger partial charge >= 0.3 is 0 Å². The zero-order valence-electron chi connectivity index (χ0n) is 11.8. The number of carbonyl (C=O) groups is 1. The van der Waals surface area contributed by atoms with Crippen LogP contribution in [0.3, 0.4) is 0 Å². The second kappa shape index (κ2) is 6.33. The van der Waals surface area contributed by atoms with Crippen molar-refractivity contribution in [3.63, 3.8) is 0 Å². The van der Waals surface area contributed by atoms with Gasteiger partial charge in [-0.05, 0) is 12.3 Å². The van der Waals surface area contributed by atoms with Crippen molar-refractivity contribution >= 4 is 25.6 Å². The summed E-state index contributed by atoms with van der Waals surface area (Å²) in [5.41, 5.74) is 0.145. The van der Waals surface area contributed by atoms with Gasteiger partial charge in [-0.2, -0.15) is 5.10 Å². The summed E-state index contributed by atoms with van der Waals surface area (Å²) >= 11 is 0. The smallest absolute Gasteiger partial charge is 0.273 e. The van der Waals surface area contributed by atoms with E-state index in [1.54, 1.807) is 13.8 Å². The Hall–Kier alpha value is -1.12. The lowest BCUT2D eigenvalue weighted by molar-refractivity contribution is 0.0936. The molecule has 1 fully saturated rings. The number of carbonyl (C=O) groups excluding carboxylic acids is 1. The number of aromatic nitrogens is 2. The molecule has 21 heavy (non-hydrogen) atoms. The standard InChI is InChI=1S/C12H18ClN3O4S/c1-7(2)9-11(21(13,18)19)10(16-15-9)12(17)14-5-8-3-4-20-6-8/h7-8H,3-6H2,1-2H3,(H,14,17)(H,15,16). The summed E-state index contributed by atoms with van der Waals surface area (Å²) in [5, 5.41) is 9.09. The summed E-state index contributed by atoms with van der Waals surface area (Å²) in [6.07, 6.45) is 0.874. The van der Waals surface area contributed by atoms with Gasteiger partial charge in [0.25, 0.3) is 15.0 Å². The van der Waals surface area contributed by atoms with Gasteiger partial charge in [0, 0.05) is 29.8 Å². The maximum absolute atomic E-state index is 12.1. The van der Waals surface area contributed by atoms with E-state index in [-0.39, 0.29) is 22.4 Å². The molecule has 0 spiro atoms. The fourth-order valence-corrected chi connectivity index (χ4v) is 3.58. The third kappa shape index (κ3) is 3.75. The highest BCUT2D eigenvalue weighted by molar-refractivity contribution is 8.13. The quantitative estimate of drug-likeness (QED) is 0.788. The zero-order valence-corrected chi connectivity index (χ0v) is 13.4. The predicted molar refractivity (Wildman–Crippen MR) is 77.0 cm³/mol. The van der Waals surface area contributed by atoms with Crippen LogP contribution >= 0.6 is 10.7 Å². The maximum Gasteiger partial charge on any atom is 0.273 e. The Kier molecular flexibility index (Phi) is 4.90. The number of ether oxygens (including phenoxy) is 1. The lowest BCUT2D eigenvalue weighted by Gasteiger charge is -2.09. The molecule has 1 unspecified atom stereocenters. The highest BCUT2D eigenvalue weighted by Gasteiger charge is 2.30. The molecule has 7 nitrogen and oxygen atoms in total. The van der Waals surface area contributed by atoms with Crippen molar-refractivity contribution < 1.29 is 17.9 Å². The van der Waals surface area contributed by atoms with Crippen LogP contribution in [0.1, 0.15) is 42.4 Å². The van der Waals surface area contributed by atoms with Crippen molar-refractivity contribution in [2.24, 2.45) is 5.92 Å². The lowest BCUT2D eigenvalue weighted by atomic mass is 10.1. The minimum Gasteiger partial charge on any atom is -0.381 e. The topological polar surface area (TPSA) is 101 Å². The molecule has 2 rings (SSSR count). The van der Waals surface area contributed by atoms with E-state index in [9.17, 15) is 13.2 Å². The Morgan fingerprint density at radius 1 is 1.57 bits per heavy atom. The summed E-state index contributed by atoms with van der Waals surface area (Å²) < 4.78 is 28.6. The molecule has 0 saturated carbocycles. The Morgan fingerprint density at radius 2 is 2.29 bits per heavy atom. The van der Waals surface area contributed by atoms with Crippen LogP contribution in [0.5, 0.6) is 0 Å². The van der Waals surface area contributed by atoms with Crippen LogP contribution < -0.4 is 5.32 Å². The number of rotatable bonds is 5. The van der Waals surface area contributed by atoms with Crippen molar-refractivity contribution in [2.45, 2.75) is 31.1 Å². The van der Waals surface area contributed by atoms with Crippen LogP contribution in [-0.4, -0.2) is 44.3 Å². The number of halogens is 1. The van der Waals surface area contributed by atoms with Gasteiger partial charge < -0.3 is 10.1 Å². The number of nitrogens with one attached hydrogen (secondary N) is 2. The highest BCUT2D eigenvalue weighted by atomic mass is 35.7. The van der Waals surface area contributed by atoms with Gasteiger partial charge in [0.15, 0.2) is 5.69 Å². The minimum atomic E-state index is -4.06. The molecule has 0 aliphatic carbocycles. The number of hydrogen-bond acceptors (Lipinski definition) is 5. The van der Waals surface area contributed by atoms with Gasteiger partial charge in [0.1, 0.15) is 4.90 Å². The van der Waals surface area contributed by atoms with Gasteiger partial charge in [-0.25, -0.2) is 8.42 Å². The van der Waals surface area contributed by atoms with Gasteiger partial charge in [-0.15, -0.1) is 0 Å². The summed E-state index contributed by atoms with van der Waals surface area (Å²) in [7, 11) is 1.38. The number of nitrogens with zero attached hydrogens (tertiary/aromatic N) is 1. The van der Waals surface area contributed by atoms with Crippen molar-refractivity contribution in [1.29, 1.82) is 0 Å². The average molecular weight is 336 g/mol. The van der Waals surface area contributed by atoms with Crippen LogP contribution in [0.4, 0.5) is 0 Å². The van der Waals surface area contributed by atoms with E-state index in [0.29, 0.717) is 25.5 Å². The first-order valence-corrected chi connectivity index (χ1v) is 9.00. The molecule has 1 aliphatic heterocycles. The van der Waals surface area contributed by atoms with Crippen LogP contribution in [0, 0.1) is 5.92 Å². The Morgan fingerprint density at radius 3 is 2.81 bits per heavy atom. The molecule has 1 aromatic heterocycles. The van der Waals surface area contributed by atoms with E-state index in [1.165, 1.54) is 0 Å². The molecule has 1 atom stereocenters. The number of aromatic amines is 1. The van der Waals surface area contributed by atoms with Crippen LogP contribution in [0.25, 0.3) is 0 Å². The van der Waals surface area contributed by atoms with Crippen molar-refractivity contribution in [2.75, 3.05) is 19.8 Å². The Labute approximate surface area is 127 Å². The molecule has 0 bridgehead atoms. The molecule has 0 aromatic carbocycles. The fraction of sp³-hybridized carbons (Fsp3) is 0.667. The van der Waals surface area contributed by atoms with E-state index in [1.807, 2.05) is 0 Å². The predicted octanol–water partition coefficient (Wildman–Crippen LogP) is 1.23. The van der Waals surface area contributed by atoms with Crippen LogP contribution in [-0.2, 0) is 13.8 Å². The molecule has 0 radical (unpaired) electrons. The largest absolute Gasteiger partial charge is 0.381 e. The summed E-state index contributed by atoms with van der Waals surface area (Å²) in [6, 6.07) is 0. The molecule has 2 N–H and O–H groups in total. The van der Waals surface area contributed by atoms with Crippen LogP contribution in [0.2, 0.25) is 0 Å². The molecular weight excluding hydrogens is 318 g/mol. The average Bonchev–Trinajstić information content (AvgIpc) is 3.03. The van der Waals surface area contributed by atoms with Gasteiger partial charge in [0.05, 0.1) is 12.3 Å². The molecule has 1 aromatic rings. The summed E-state index contributed by atoms with van der Waals surface area (Å²) in [5.74, 6) is -0.455. The fourth-order valence-electron chi connectivity index (χ4n) is 2.20. The van der Waals surface area contributed by atoms with Crippen molar-refractivity contribution in [3.8, 4) is 0 Å². The molecule has 1 amide bonds. The number of hydrogen-bond donors (Lipinski definition) is 2. The van der Waals surface area contributed by atoms with Gasteiger partial charge in [0.2, 0.25) is 0 Å². The number of H-pyrrole nitrogens is 1. The van der Waals surface area contributed by atoms with Crippen LogP contribution in [0.15, 0.2) is 4.90 Å². The van der Waals surface area contributed by atoms with Gasteiger partial charge in [-0.3, -0.25) is 9.89 Å². The van der Waals surface area contributed by atoms with E-state index >= 15 is 0 Å². The Bertz CT molecular complexity index is 620. The third-order valence-electron chi connectivity index (χ3n) is 3.36. The molecule has 9 heteroatoms. The van der Waals surface area contributed by atoms with E-state index in [2.05, 4.69) is 15.5 Å². The molecule has 1 saturated heterocycles. The second-order valence-electron chi connectivity index (χ2n) is 5.35. The molecule has 118 valence electrons. The van der Waals surface area contributed by atoms with Gasteiger partial charge in [-0.1, -0.05) is 13.8 Å². The van der Waals surface area contributed by atoms with E-state index in [4.69, 9.17) is 15.4 Å². The molecule has 2 heterocycles. The normalized spacial score (nSPS) is 19.1. The first kappa shape index (κ1) is 16.3. The summed E-state index contributed by atoms with van der Waals surface area (Å²) in [4.78, 5) is 11.9. The van der Waals surface area contributed by atoms with E-state index in [0.717, 1.165) is 6.42 Å². The first-order valence-electron chi connectivity index (χ1n) is 6.69. The highest BCUT2D eigenvalue weighted by Crippen LogP contribution is 2.27. The first-order chi connectivity index (χ1) is 9.80. The van der Waals surface area contributed by atoms with Crippen molar-refractivity contribution in [3.05, 3.63) is 11.4 Å². The molecular formula is C12H18ClN3O4S. The minimum absolute atomic E-state index is 0.147. The lowest BCUT2D eigenvalue weighted by Crippen LogP contribution is -2.30. The second-order valence-corrected chi connectivity index (χ2v) is 7.85. The molecule has 1 aliphatic rings. The summed E-state index contributed by atoms with van der Waals surface area (Å²) in [6.45, 7) is 5.28. The van der Waals surface area contributed by atoms with Crippen molar-refractivity contribution in [1.82, 2.24) is 15.5 Å². The number of amides is 1.